The Kier molecular flexibility index (Phi) is 3.83. The van der Waals surface area contributed by atoms with Crippen molar-refractivity contribution in [3.63, 3.8) is 0 Å². The summed E-state index contributed by atoms with van der Waals surface area (Å²) in [4.78, 5) is 0. The van der Waals surface area contributed by atoms with Crippen molar-refractivity contribution in [3.8, 4) is 5.75 Å². The molecule has 0 radical (unpaired) electrons. The lowest BCUT2D eigenvalue weighted by molar-refractivity contribution is 0.339. The lowest BCUT2D eigenvalue weighted by atomic mass is 9.97. The van der Waals surface area contributed by atoms with E-state index in [2.05, 4.69) is 30.6 Å². The number of benzene rings is 1. The van der Waals surface area contributed by atoms with Crippen LogP contribution in [-0.4, -0.2) is 19.7 Å². The molecule has 1 aromatic carbocycles. The average molecular weight is 219 g/mol. The highest BCUT2D eigenvalue weighted by Gasteiger charge is 2.24. The Hall–Kier alpha value is -1.02. The van der Waals surface area contributed by atoms with Crippen LogP contribution in [0.15, 0.2) is 24.3 Å². The van der Waals surface area contributed by atoms with E-state index in [0.717, 1.165) is 12.4 Å². The zero-order valence-electron chi connectivity index (χ0n) is 10.2. The fourth-order valence-electron chi connectivity index (χ4n) is 2.57. The van der Waals surface area contributed by atoms with Crippen molar-refractivity contribution in [1.29, 1.82) is 0 Å². The molecule has 0 bridgehead atoms. The maximum absolute atomic E-state index is 5.54. The predicted octanol–water partition coefficient (Wildman–Crippen LogP) is 2.94. The molecule has 2 heteroatoms. The van der Waals surface area contributed by atoms with E-state index in [1.54, 1.807) is 0 Å². The molecule has 0 spiro atoms. The molecule has 0 aliphatic heterocycles. The predicted molar refractivity (Wildman–Crippen MR) is 67.1 cm³/mol. The SMILES string of the molecule is CCOc1cccc(C2CCC(NC)C2)c1. The molecule has 2 unspecified atom stereocenters. The van der Waals surface area contributed by atoms with Crippen LogP contribution >= 0.6 is 0 Å². The van der Waals surface area contributed by atoms with Crippen molar-refractivity contribution in [2.75, 3.05) is 13.7 Å². The standard InChI is InChI=1S/C14H21NO/c1-3-16-14-6-4-5-11(10-14)12-7-8-13(9-12)15-2/h4-6,10,12-13,15H,3,7-9H2,1-2H3. The summed E-state index contributed by atoms with van der Waals surface area (Å²) in [6.07, 6.45) is 3.84. The van der Waals surface area contributed by atoms with E-state index in [1.165, 1.54) is 24.8 Å². The molecule has 2 atom stereocenters. The number of nitrogens with one attached hydrogen (secondary N) is 1. The minimum absolute atomic E-state index is 0.695. The highest BCUT2D eigenvalue weighted by Crippen LogP contribution is 2.35. The average Bonchev–Trinajstić information content (AvgIpc) is 2.78. The first kappa shape index (κ1) is 11.5. The normalized spacial score (nSPS) is 24.6. The van der Waals surface area contributed by atoms with Crippen LogP contribution in [0.2, 0.25) is 0 Å². The number of hydrogen-bond acceptors (Lipinski definition) is 2. The molecule has 1 saturated carbocycles. The number of ether oxygens (including phenoxy) is 1. The van der Waals surface area contributed by atoms with Gasteiger partial charge in [-0.05, 0) is 56.8 Å². The lowest BCUT2D eigenvalue weighted by Gasteiger charge is -2.12. The molecular formula is C14H21NO. The van der Waals surface area contributed by atoms with Crippen LogP contribution in [0.4, 0.5) is 0 Å². The Labute approximate surface area is 98.0 Å². The summed E-state index contributed by atoms with van der Waals surface area (Å²) in [5.41, 5.74) is 1.43. The van der Waals surface area contributed by atoms with Crippen LogP contribution in [0.25, 0.3) is 0 Å². The number of rotatable bonds is 4. The van der Waals surface area contributed by atoms with E-state index in [4.69, 9.17) is 4.74 Å². The molecule has 1 aliphatic rings. The van der Waals surface area contributed by atoms with Gasteiger partial charge in [-0.15, -0.1) is 0 Å². The summed E-state index contributed by atoms with van der Waals surface area (Å²) in [7, 11) is 2.06. The molecule has 0 saturated heterocycles. The fraction of sp³-hybridized carbons (Fsp3) is 0.571. The van der Waals surface area contributed by atoms with Crippen molar-refractivity contribution in [3.05, 3.63) is 29.8 Å². The highest BCUT2D eigenvalue weighted by atomic mass is 16.5. The largest absolute Gasteiger partial charge is 0.494 e. The topological polar surface area (TPSA) is 21.3 Å². The fourth-order valence-corrected chi connectivity index (χ4v) is 2.57. The molecule has 0 heterocycles. The third-order valence-corrected chi connectivity index (χ3v) is 3.48. The lowest BCUT2D eigenvalue weighted by Crippen LogP contribution is -2.21. The third kappa shape index (κ3) is 2.56. The van der Waals surface area contributed by atoms with Crippen LogP contribution in [0.3, 0.4) is 0 Å². The van der Waals surface area contributed by atoms with Crippen molar-refractivity contribution in [1.82, 2.24) is 5.32 Å². The van der Waals surface area contributed by atoms with Crippen LogP contribution < -0.4 is 10.1 Å². The van der Waals surface area contributed by atoms with E-state index in [-0.39, 0.29) is 0 Å². The van der Waals surface area contributed by atoms with Gasteiger partial charge in [0.25, 0.3) is 0 Å². The van der Waals surface area contributed by atoms with Gasteiger partial charge in [-0.1, -0.05) is 12.1 Å². The molecule has 16 heavy (non-hydrogen) atoms. The molecule has 1 aliphatic carbocycles. The second-order valence-electron chi connectivity index (χ2n) is 4.50. The molecule has 1 aromatic rings. The summed E-state index contributed by atoms with van der Waals surface area (Å²) in [5.74, 6) is 1.71. The zero-order valence-corrected chi connectivity index (χ0v) is 10.2. The van der Waals surface area contributed by atoms with Crippen LogP contribution in [0.5, 0.6) is 5.75 Å². The van der Waals surface area contributed by atoms with Gasteiger partial charge in [0, 0.05) is 6.04 Å². The van der Waals surface area contributed by atoms with Crippen molar-refractivity contribution in [2.24, 2.45) is 0 Å². The van der Waals surface area contributed by atoms with Gasteiger partial charge in [-0.2, -0.15) is 0 Å². The minimum Gasteiger partial charge on any atom is -0.494 e. The molecule has 1 N–H and O–H groups in total. The molecule has 88 valence electrons. The molecule has 0 aromatic heterocycles. The van der Waals surface area contributed by atoms with Crippen LogP contribution in [0, 0.1) is 0 Å². The monoisotopic (exact) mass is 219 g/mol. The summed E-state index contributed by atoms with van der Waals surface area (Å²) in [6.45, 7) is 2.77. The van der Waals surface area contributed by atoms with Gasteiger partial charge in [0.15, 0.2) is 0 Å². The Balaban J connectivity index is 2.06. The van der Waals surface area contributed by atoms with E-state index in [1.807, 2.05) is 13.0 Å². The van der Waals surface area contributed by atoms with Gasteiger partial charge in [-0.25, -0.2) is 0 Å². The van der Waals surface area contributed by atoms with Gasteiger partial charge in [0.05, 0.1) is 6.61 Å². The first-order valence-electron chi connectivity index (χ1n) is 6.23. The minimum atomic E-state index is 0.695. The first-order valence-corrected chi connectivity index (χ1v) is 6.23. The molecule has 2 nitrogen and oxygen atoms in total. The maximum Gasteiger partial charge on any atom is 0.119 e. The first-order chi connectivity index (χ1) is 7.83. The van der Waals surface area contributed by atoms with Gasteiger partial charge in [-0.3, -0.25) is 0 Å². The zero-order chi connectivity index (χ0) is 11.4. The Morgan fingerprint density at radius 2 is 2.25 bits per heavy atom. The highest BCUT2D eigenvalue weighted by molar-refractivity contribution is 5.31. The quantitative estimate of drug-likeness (QED) is 0.840. The second kappa shape index (κ2) is 5.35. The van der Waals surface area contributed by atoms with E-state index in [0.29, 0.717) is 12.0 Å². The van der Waals surface area contributed by atoms with Gasteiger partial charge in [0.1, 0.15) is 5.75 Å². The Bertz CT molecular complexity index is 337. The maximum atomic E-state index is 5.54. The van der Waals surface area contributed by atoms with Gasteiger partial charge < -0.3 is 10.1 Å². The number of hydrogen-bond donors (Lipinski definition) is 1. The smallest absolute Gasteiger partial charge is 0.119 e. The molecular weight excluding hydrogens is 198 g/mol. The van der Waals surface area contributed by atoms with Crippen LogP contribution in [-0.2, 0) is 0 Å². The van der Waals surface area contributed by atoms with E-state index >= 15 is 0 Å². The van der Waals surface area contributed by atoms with E-state index < -0.39 is 0 Å². The second-order valence-corrected chi connectivity index (χ2v) is 4.50. The molecule has 1 fully saturated rings. The van der Waals surface area contributed by atoms with Crippen molar-refractivity contribution in [2.45, 2.75) is 38.1 Å². The Morgan fingerprint density at radius 3 is 2.94 bits per heavy atom. The van der Waals surface area contributed by atoms with Crippen molar-refractivity contribution < 1.29 is 4.74 Å². The van der Waals surface area contributed by atoms with Gasteiger partial charge >= 0.3 is 0 Å². The summed E-state index contributed by atoms with van der Waals surface area (Å²) in [5, 5.41) is 3.37. The summed E-state index contributed by atoms with van der Waals surface area (Å²) >= 11 is 0. The molecule has 0 amide bonds. The van der Waals surface area contributed by atoms with Gasteiger partial charge in [0.2, 0.25) is 0 Å². The third-order valence-electron chi connectivity index (χ3n) is 3.48. The van der Waals surface area contributed by atoms with Crippen LogP contribution in [0.1, 0.15) is 37.7 Å². The van der Waals surface area contributed by atoms with E-state index in [9.17, 15) is 0 Å². The Morgan fingerprint density at radius 1 is 1.38 bits per heavy atom. The molecule has 2 rings (SSSR count). The van der Waals surface area contributed by atoms with Crippen molar-refractivity contribution >= 4 is 0 Å². The summed E-state index contributed by atoms with van der Waals surface area (Å²) < 4.78 is 5.54. The summed E-state index contributed by atoms with van der Waals surface area (Å²) in [6, 6.07) is 9.27.